The fourth-order valence-electron chi connectivity index (χ4n) is 4.23. The molecule has 1 unspecified atom stereocenters. The second-order valence-corrected chi connectivity index (χ2v) is 12.7. The predicted molar refractivity (Wildman–Crippen MR) is 165 cm³/mol. The van der Waals surface area contributed by atoms with Crippen LogP contribution in [0.3, 0.4) is 0 Å². The van der Waals surface area contributed by atoms with Crippen molar-refractivity contribution < 1.29 is 24.3 Å². The summed E-state index contributed by atoms with van der Waals surface area (Å²) < 4.78 is 0.289. The molecule has 0 heterocycles. The second-order valence-electron chi connectivity index (χ2n) is 10.8. The molecule has 0 aliphatic carbocycles. The van der Waals surface area contributed by atoms with E-state index < -0.39 is 35.9 Å². The highest BCUT2D eigenvalue weighted by Gasteiger charge is 2.30. The molecule has 40 heavy (non-hydrogen) atoms. The average Bonchev–Trinajstić information content (AvgIpc) is 2.90. The molecule has 0 aliphatic rings. The van der Waals surface area contributed by atoms with Crippen molar-refractivity contribution in [2.75, 3.05) is 0 Å². The van der Waals surface area contributed by atoms with Crippen molar-refractivity contribution in [3.05, 3.63) is 71.8 Å². The van der Waals surface area contributed by atoms with Crippen LogP contribution in [0.25, 0.3) is 0 Å². The Morgan fingerprint density at radius 2 is 1.27 bits per heavy atom. The lowest BCUT2D eigenvalue weighted by atomic mass is 9.99. The number of aliphatic carboxylic acids is 1. The van der Waals surface area contributed by atoms with Crippen LogP contribution < -0.4 is 16.0 Å². The maximum Gasteiger partial charge on any atom is 0.326 e. The van der Waals surface area contributed by atoms with Gasteiger partial charge in [0.2, 0.25) is 17.7 Å². The molecular weight excluding hydrogens is 621 g/mol. The summed E-state index contributed by atoms with van der Waals surface area (Å²) in [4.78, 5) is 51.6. The highest BCUT2D eigenvalue weighted by atomic mass is 127. The molecule has 0 saturated carbocycles. The van der Waals surface area contributed by atoms with Crippen molar-refractivity contribution in [1.29, 1.82) is 0 Å². The Bertz CT molecular complexity index is 1090. The van der Waals surface area contributed by atoms with Gasteiger partial charge in [0.15, 0.2) is 0 Å². The third kappa shape index (κ3) is 12.1. The Balaban J connectivity index is 2.17. The number of carbonyl (C=O) groups is 4. The number of hydrogen-bond acceptors (Lipinski definition) is 4. The molecule has 0 spiro atoms. The van der Waals surface area contributed by atoms with Gasteiger partial charge in [-0.1, -0.05) is 111 Å². The summed E-state index contributed by atoms with van der Waals surface area (Å²) in [6.45, 7) is 7.88. The Morgan fingerprint density at radius 1 is 0.750 bits per heavy atom. The molecule has 0 saturated heterocycles. The molecule has 4 N–H and O–H groups in total. The van der Waals surface area contributed by atoms with E-state index in [4.69, 9.17) is 0 Å². The minimum atomic E-state index is -1.15. The lowest BCUT2D eigenvalue weighted by molar-refractivity contribution is -0.142. The van der Waals surface area contributed by atoms with Crippen molar-refractivity contribution in [1.82, 2.24) is 16.0 Å². The van der Waals surface area contributed by atoms with Gasteiger partial charge in [0.05, 0.1) is 0 Å². The van der Waals surface area contributed by atoms with Gasteiger partial charge in [0.25, 0.3) is 0 Å². The van der Waals surface area contributed by atoms with E-state index in [1.807, 2.05) is 76.2 Å². The van der Waals surface area contributed by atoms with Gasteiger partial charge < -0.3 is 21.1 Å². The molecule has 0 bridgehead atoms. The van der Waals surface area contributed by atoms with Gasteiger partial charge in [-0.25, -0.2) is 4.79 Å². The van der Waals surface area contributed by atoms with E-state index in [1.165, 1.54) is 0 Å². The first kappa shape index (κ1) is 33.3. The lowest BCUT2D eigenvalue weighted by Gasteiger charge is -2.26. The highest BCUT2D eigenvalue weighted by molar-refractivity contribution is 14.1. The second kappa shape index (κ2) is 17.0. The van der Waals surface area contributed by atoms with Crippen LogP contribution in [0.5, 0.6) is 0 Å². The van der Waals surface area contributed by atoms with Crippen LogP contribution in [-0.2, 0) is 32.0 Å². The zero-order valence-electron chi connectivity index (χ0n) is 23.7. The van der Waals surface area contributed by atoms with Gasteiger partial charge in [-0.05, 0) is 42.2 Å². The van der Waals surface area contributed by atoms with E-state index in [2.05, 4.69) is 38.5 Å². The molecule has 0 aromatic heterocycles. The first-order valence-corrected chi connectivity index (χ1v) is 15.1. The largest absolute Gasteiger partial charge is 0.480 e. The maximum atomic E-state index is 13.5. The van der Waals surface area contributed by atoms with Gasteiger partial charge >= 0.3 is 5.97 Å². The fourth-order valence-corrected chi connectivity index (χ4v) is 4.48. The maximum absolute atomic E-state index is 13.5. The summed E-state index contributed by atoms with van der Waals surface area (Å²) in [5.74, 6) is -2.21. The summed E-state index contributed by atoms with van der Waals surface area (Å²) in [6, 6.07) is 15.8. The highest BCUT2D eigenvalue weighted by Crippen LogP contribution is 2.16. The Morgan fingerprint density at radius 3 is 1.80 bits per heavy atom. The van der Waals surface area contributed by atoms with Crippen LogP contribution in [0.1, 0.15) is 58.1 Å². The standard InChI is InChI=1S/C31H42IN3O5/c1-20(2)17-26(30(38)35-27(31(39)40)19-24-13-9-6-10-14-24)34-29(37)25(16-15-23-11-7-5-8-12-23)33-28(36)18-21(3)22(4)32/h5-14,20-22,25-27H,15-19H2,1-4H3,(H,33,36)(H,34,37)(H,35,38)(H,39,40)/t21?,22-,25+,26+,27+/m1/s1. The van der Waals surface area contributed by atoms with E-state index in [0.717, 1.165) is 11.1 Å². The Hall–Kier alpha value is -2.95. The van der Waals surface area contributed by atoms with Gasteiger partial charge in [0, 0.05) is 16.8 Å². The van der Waals surface area contributed by atoms with Crippen molar-refractivity contribution in [3.63, 3.8) is 0 Å². The van der Waals surface area contributed by atoms with Crippen LogP contribution in [0.4, 0.5) is 0 Å². The first-order chi connectivity index (χ1) is 19.0. The molecule has 2 aromatic rings. The number of carboxylic acids is 1. The summed E-state index contributed by atoms with van der Waals surface area (Å²) in [5, 5.41) is 18.1. The van der Waals surface area contributed by atoms with Crippen LogP contribution in [0.2, 0.25) is 0 Å². The molecule has 2 aromatic carbocycles. The van der Waals surface area contributed by atoms with Gasteiger partial charge in [0.1, 0.15) is 18.1 Å². The normalized spacial score (nSPS) is 14.8. The molecular formula is C31H42IN3O5. The number of carbonyl (C=O) groups excluding carboxylic acids is 3. The number of carboxylic acid groups (broad SMARTS) is 1. The zero-order chi connectivity index (χ0) is 29.7. The molecule has 218 valence electrons. The summed E-state index contributed by atoms with van der Waals surface area (Å²) in [5.41, 5.74) is 1.81. The Kier molecular flexibility index (Phi) is 14.1. The minimum Gasteiger partial charge on any atom is -0.480 e. The molecule has 5 atom stereocenters. The quantitative estimate of drug-likeness (QED) is 0.158. The third-order valence-electron chi connectivity index (χ3n) is 6.75. The number of halogens is 1. The topological polar surface area (TPSA) is 125 Å². The number of nitrogens with one attached hydrogen (secondary N) is 3. The lowest BCUT2D eigenvalue weighted by Crippen LogP contribution is -2.56. The molecule has 9 heteroatoms. The van der Waals surface area contributed by atoms with Gasteiger partial charge in [-0.15, -0.1) is 0 Å². The molecule has 3 amide bonds. The van der Waals surface area contributed by atoms with Crippen molar-refractivity contribution in [2.24, 2.45) is 11.8 Å². The third-order valence-corrected chi connectivity index (χ3v) is 7.97. The number of hydrogen-bond donors (Lipinski definition) is 4. The number of aryl methyl sites for hydroxylation is 1. The van der Waals surface area contributed by atoms with Crippen molar-refractivity contribution in [2.45, 2.75) is 81.8 Å². The van der Waals surface area contributed by atoms with Crippen molar-refractivity contribution in [3.8, 4) is 0 Å². The average molecular weight is 664 g/mol. The van der Waals surface area contributed by atoms with E-state index in [-0.39, 0.29) is 34.5 Å². The number of rotatable bonds is 16. The first-order valence-electron chi connectivity index (χ1n) is 13.8. The van der Waals surface area contributed by atoms with E-state index >= 15 is 0 Å². The van der Waals surface area contributed by atoms with Crippen LogP contribution in [0.15, 0.2) is 60.7 Å². The van der Waals surface area contributed by atoms with Gasteiger partial charge in [-0.3, -0.25) is 14.4 Å². The minimum absolute atomic E-state index is 0.0526. The molecule has 0 radical (unpaired) electrons. The summed E-state index contributed by atoms with van der Waals surface area (Å²) in [7, 11) is 0. The smallest absolute Gasteiger partial charge is 0.326 e. The number of alkyl halides is 1. The zero-order valence-corrected chi connectivity index (χ0v) is 25.9. The summed E-state index contributed by atoms with van der Waals surface area (Å²) >= 11 is 2.28. The molecule has 0 aliphatic heterocycles. The summed E-state index contributed by atoms with van der Waals surface area (Å²) in [6.07, 6.45) is 1.65. The van der Waals surface area contributed by atoms with E-state index in [1.54, 1.807) is 12.1 Å². The van der Waals surface area contributed by atoms with Crippen LogP contribution in [-0.4, -0.2) is 50.8 Å². The van der Waals surface area contributed by atoms with E-state index in [0.29, 0.717) is 19.3 Å². The molecule has 0 fully saturated rings. The monoisotopic (exact) mass is 663 g/mol. The van der Waals surface area contributed by atoms with Crippen LogP contribution >= 0.6 is 22.6 Å². The Labute approximate surface area is 251 Å². The van der Waals surface area contributed by atoms with E-state index in [9.17, 15) is 24.3 Å². The molecule has 8 nitrogen and oxygen atoms in total. The predicted octanol–water partition coefficient (Wildman–Crippen LogP) is 4.30. The van der Waals surface area contributed by atoms with Crippen LogP contribution in [0, 0.1) is 11.8 Å². The number of amides is 3. The fraction of sp³-hybridized carbons (Fsp3) is 0.484. The van der Waals surface area contributed by atoms with Crippen molar-refractivity contribution >= 4 is 46.3 Å². The number of benzene rings is 2. The SMILES string of the molecule is CC(C)C[C@H](NC(=O)[C@H](CCc1ccccc1)NC(=O)CC(C)[C@@H](C)I)C(=O)N[C@@H](Cc1ccccc1)C(=O)O. The molecule has 2 rings (SSSR count). The van der Waals surface area contributed by atoms with Gasteiger partial charge in [-0.2, -0.15) is 0 Å².